The number of amides is 3. The first-order valence-electron chi connectivity index (χ1n) is 26.8. The molecule has 0 bridgehead atoms. The lowest BCUT2D eigenvalue weighted by molar-refractivity contribution is -0.134. The van der Waals surface area contributed by atoms with Crippen molar-refractivity contribution in [3.63, 3.8) is 0 Å². The van der Waals surface area contributed by atoms with Gasteiger partial charge in [-0.3, -0.25) is 29.7 Å². The molecule has 3 amide bonds. The van der Waals surface area contributed by atoms with Gasteiger partial charge in [0.15, 0.2) is 10.8 Å². The van der Waals surface area contributed by atoms with Gasteiger partial charge in [-0.05, 0) is 175 Å². The van der Waals surface area contributed by atoms with Crippen molar-refractivity contribution in [1.29, 1.82) is 0 Å². The molecule has 4 aromatic carbocycles. The van der Waals surface area contributed by atoms with Crippen LogP contribution >= 0.6 is 11.3 Å². The number of aryl methyl sites for hydroxylation is 1. The molecule has 1 saturated carbocycles. The second-order valence-corrected chi connectivity index (χ2v) is 23.0. The largest absolute Gasteiger partial charge is 0.490 e. The van der Waals surface area contributed by atoms with E-state index in [0.717, 1.165) is 107 Å². The van der Waals surface area contributed by atoms with Gasteiger partial charge in [-0.2, -0.15) is 5.10 Å². The Morgan fingerprint density at radius 1 is 0.853 bits per heavy atom. The number of para-hydroxylation sites is 2. The van der Waals surface area contributed by atoms with Gasteiger partial charge in [0.05, 0.1) is 33.4 Å². The second kappa shape index (κ2) is 21.0. The summed E-state index contributed by atoms with van der Waals surface area (Å²) in [4.78, 5) is 67.0. The molecule has 15 heteroatoms. The molecule has 0 radical (unpaired) electrons. The van der Waals surface area contributed by atoms with Crippen molar-refractivity contribution in [1.82, 2.24) is 30.0 Å². The molecule has 0 unspecified atom stereocenters. The standard InChI is InChI=1S/C60H66N8O6S/c1-36-41(43-25-27-51(62-54(43)58(72)74-60(2,3)4)68-33-30-38-13-8-16-44(47(38)35-68)56(70)64-59-61-48-18-6-7-20-50(48)75-59)14-10-19-49(36)73-40-23-21-37(22-24-40)12-11-31-67-32-29-39(34-67)42-15-9-17-45-53(65-66(5)55(42)45)46-26-28-52(69)63-57(46)71/h6-10,13-20,25,27,37,39-40,46H,11-12,21-24,26,28-35H2,1-5H3,(H,61,64,70)(H,63,69,71)/t37?,39-,40?,46+/m0/s1. The third-order valence-electron chi connectivity index (χ3n) is 15.8. The number of likely N-dealkylation sites (tertiary alicyclic amines) is 1. The molecule has 14 nitrogen and oxygen atoms in total. The average molecular weight is 1030 g/mol. The van der Waals surface area contributed by atoms with Crippen molar-refractivity contribution < 1.29 is 28.7 Å². The SMILES string of the molecule is Cc1c(OC2CCC(CCCN3CC[C@H](c4cccc5c([C@H]6CCC(=O)NC6=O)nn(C)c45)C3)CC2)cccc1-c1ccc(N2CCc3cccc(C(=O)Nc4nc5ccccc5s4)c3C2)nc1C(=O)OC(C)(C)C. The van der Waals surface area contributed by atoms with Crippen LogP contribution in [0.5, 0.6) is 5.75 Å². The average Bonchev–Trinajstić information content (AvgIpc) is 4.14. The Morgan fingerprint density at radius 2 is 1.67 bits per heavy atom. The van der Waals surface area contributed by atoms with Gasteiger partial charge in [0, 0.05) is 49.6 Å². The summed E-state index contributed by atoms with van der Waals surface area (Å²) in [5, 5.41) is 12.0. The molecular weight excluding hydrogens is 961 g/mol. The zero-order valence-corrected chi connectivity index (χ0v) is 44.4. The Bertz CT molecular complexity index is 3300. The van der Waals surface area contributed by atoms with Crippen LogP contribution in [0.3, 0.4) is 0 Å². The van der Waals surface area contributed by atoms with Crippen molar-refractivity contribution in [3.05, 3.63) is 130 Å². The van der Waals surface area contributed by atoms with Crippen LogP contribution in [0.1, 0.15) is 139 Å². The first-order chi connectivity index (χ1) is 36.2. The van der Waals surface area contributed by atoms with E-state index in [9.17, 15) is 19.2 Å². The van der Waals surface area contributed by atoms with Gasteiger partial charge in [0.25, 0.3) is 5.91 Å². The first-order valence-corrected chi connectivity index (χ1v) is 27.6. The maximum Gasteiger partial charge on any atom is 0.358 e. The molecule has 1 aliphatic carbocycles. The molecule has 3 fully saturated rings. The molecule has 388 valence electrons. The van der Waals surface area contributed by atoms with Crippen molar-refractivity contribution in [2.45, 2.75) is 122 Å². The lowest BCUT2D eigenvalue weighted by Crippen LogP contribution is -2.39. The second-order valence-electron chi connectivity index (χ2n) is 22.0. The number of nitrogens with one attached hydrogen (secondary N) is 2. The van der Waals surface area contributed by atoms with Gasteiger partial charge < -0.3 is 19.3 Å². The highest BCUT2D eigenvalue weighted by molar-refractivity contribution is 7.22. The maximum atomic E-state index is 14.1. The van der Waals surface area contributed by atoms with Gasteiger partial charge in [-0.1, -0.05) is 65.9 Å². The van der Waals surface area contributed by atoms with Gasteiger partial charge in [-0.25, -0.2) is 14.8 Å². The zero-order chi connectivity index (χ0) is 52.0. The van der Waals surface area contributed by atoms with Crippen LogP contribution in [0.2, 0.25) is 0 Å². The topological polar surface area (TPSA) is 161 Å². The monoisotopic (exact) mass is 1030 g/mol. The van der Waals surface area contributed by atoms with Crippen molar-refractivity contribution >= 4 is 67.1 Å². The lowest BCUT2D eigenvalue weighted by atomic mass is 9.84. The maximum absolute atomic E-state index is 14.1. The van der Waals surface area contributed by atoms with Gasteiger partial charge >= 0.3 is 5.97 Å². The van der Waals surface area contributed by atoms with Crippen molar-refractivity contribution in [2.24, 2.45) is 13.0 Å². The third-order valence-corrected chi connectivity index (χ3v) is 16.7. The lowest BCUT2D eigenvalue weighted by Gasteiger charge is -2.31. The van der Waals surface area contributed by atoms with Crippen LogP contribution in [0, 0.1) is 12.8 Å². The van der Waals surface area contributed by atoms with Crippen LogP contribution in [0.4, 0.5) is 10.9 Å². The molecular formula is C60H66N8O6S. The minimum absolute atomic E-state index is 0.112. The number of carbonyl (C=O) groups is 4. The summed E-state index contributed by atoms with van der Waals surface area (Å²) >= 11 is 1.45. The molecule has 75 heavy (non-hydrogen) atoms. The summed E-state index contributed by atoms with van der Waals surface area (Å²) in [5.74, 6) is 0.966. The molecule has 2 atom stereocenters. The van der Waals surface area contributed by atoms with Crippen LogP contribution in [-0.4, -0.2) is 86.2 Å². The highest BCUT2D eigenvalue weighted by atomic mass is 32.1. The summed E-state index contributed by atoms with van der Waals surface area (Å²) in [6.07, 6.45) is 9.39. The van der Waals surface area contributed by atoms with E-state index in [1.165, 1.54) is 29.7 Å². The Kier molecular flexibility index (Phi) is 14.0. The predicted octanol–water partition coefficient (Wildman–Crippen LogP) is 11.1. The van der Waals surface area contributed by atoms with E-state index in [1.54, 1.807) is 0 Å². The Morgan fingerprint density at radius 3 is 2.48 bits per heavy atom. The fraction of sp³-hybridized carbons (Fsp3) is 0.417. The van der Waals surface area contributed by atoms with E-state index in [1.807, 2.05) is 99.2 Å². The molecule has 2 saturated heterocycles. The van der Waals surface area contributed by atoms with Gasteiger partial charge in [-0.15, -0.1) is 0 Å². The molecule has 7 aromatic rings. The highest BCUT2D eigenvalue weighted by Crippen LogP contribution is 2.40. The summed E-state index contributed by atoms with van der Waals surface area (Å²) in [6, 6.07) is 30.1. The van der Waals surface area contributed by atoms with E-state index in [0.29, 0.717) is 66.3 Å². The number of esters is 1. The van der Waals surface area contributed by atoms with Crippen LogP contribution in [-0.2, 0) is 34.3 Å². The molecule has 6 heterocycles. The molecule has 0 spiro atoms. The number of imide groups is 1. The number of benzene rings is 4. The number of hydrogen-bond donors (Lipinski definition) is 2. The number of thiazole rings is 1. The van der Waals surface area contributed by atoms with E-state index in [4.69, 9.17) is 19.6 Å². The van der Waals surface area contributed by atoms with Crippen LogP contribution in [0.25, 0.3) is 32.2 Å². The predicted molar refractivity (Wildman–Crippen MR) is 294 cm³/mol. The molecule has 3 aromatic heterocycles. The molecule has 3 aliphatic heterocycles. The Hall–Kier alpha value is -6.97. The zero-order valence-electron chi connectivity index (χ0n) is 43.6. The number of fused-ring (bicyclic) bond motifs is 3. The Labute approximate surface area is 442 Å². The van der Waals surface area contributed by atoms with E-state index < -0.39 is 17.5 Å². The van der Waals surface area contributed by atoms with Crippen molar-refractivity contribution in [3.8, 4) is 16.9 Å². The highest BCUT2D eigenvalue weighted by Gasteiger charge is 2.34. The number of carbonyl (C=O) groups excluding carboxylic acids is 4. The number of rotatable bonds is 13. The minimum Gasteiger partial charge on any atom is -0.490 e. The number of pyridine rings is 1. The van der Waals surface area contributed by atoms with Gasteiger partial charge in [0.1, 0.15) is 17.2 Å². The number of aromatic nitrogens is 4. The summed E-state index contributed by atoms with van der Waals surface area (Å²) in [7, 11) is 1.97. The minimum atomic E-state index is -0.734. The first kappa shape index (κ1) is 50.2. The summed E-state index contributed by atoms with van der Waals surface area (Å²) in [5.41, 5.74) is 8.67. The van der Waals surface area contributed by atoms with E-state index in [-0.39, 0.29) is 29.5 Å². The number of piperidine rings is 1. The summed E-state index contributed by atoms with van der Waals surface area (Å²) in [6.45, 7) is 11.9. The molecule has 2 N–H and O–H groups in total. The number of nitrogens with zero attached hydrogens (tertiary/aromatic N) is 6. The van der Waals surface area contributed by atoms with E-state index in [2.05, 4.69) is 56.6 Å². The fourth-order valence-electron chi connectivity index (χ4n) is 12.0. The van der Waals surface area contributed by atoms with Crippen molar-refractivity contribution in [2.75, 3.05) is 36.4 Å². The Balaban J connectivity index is 0.715. The smallest absolute Gasteiger partial charge is 0.358 e. The molecule has 11 rings (SSSR count). The van der Waals surface area contributed by atoms with E-state index >= 15 is 0 Å². The normalized spacial score (nSPS) is 20.3. The van der Waals surface area contributed by atoms with Gasteiger partial charge in [0.2, 0.25) is 11.8 Å². The number of anilines is 2. The number of ether oxygens (including phenoxy) is 2. The van der Waals surface area contributed by atoms with Crippen LogP contribution < -0.4 is 20.3 Å². The quantitative estimate of drug-likeness (QED) is 0.0835. The summed E-state index contributed by atoms with van der Waals surface area (Å²) < 4.78 is 15.8. The number of hydrogen-bond acceptors (Lipinski definition) is 12. The third kappa shape index (κ3) is 10.7. The molecule has 4 aliphatic rings. The van der Waals surface area contributed by atoms with Crippen LogP contribution in [0.15, 0.2) is 91.0 Å². The fourth-order valence-corrected chi connectivity index (χ4v) is 12.8.